The lowest BCUT2D eigenvalue weighted by Gasteiger charge is -2.12. The second-order valence-electron chi connectivity index (χ2n) is 4.85. The van der Waals surface area contributed by atoms with Gasteiger partial charge in [0.05, 0.1) is 10.5 Å². The third kappa shape index (κ3) is 3.48. The second-order valence-corrected chi connectivity index (χ2v) is 7.36. The van der Waals surface area contributed by atoms with E-state index < -0.39 is 16.0 Å². The Kier molecular flexibility index (Phi) is 4.58. The SMILES string of the molecule is Cc1cc(C)c(S(=O)(=O)Nc2ccc(C(=O)O)cc2)cc1Br. The molecule has 0 atom stereocenters. The van der Waals surface area contributed by atoms with E-state index in [0.29, 0.717) is 15.7 Å². The van der Waals surface area contributed by atoms with Crippen molar-refractivity contribution in [2.75, 3.05) is 4.72 Å². The molecule has 2 N–H and O–H groups in total. The quantitative estimate of drug-likeness (QED) is 0.844. The molecule has 0 saturated carbocycles. The van der Waals surface area contributed by atoms with E-state index in [1.54, 1.807) is 19.1 Å². The van der Waals surface area contributed by atoms with Gasteiger partial charge in [0.25, 0.3) is 10.0 Å². The number of halogens is 1. The van der Waals surface area contributed by atoms with Crippen LogP contribution < -0.4 is 4.72 Å². The van der Waals surface area contributed by atoms with Gasteiger partial charge in [-0.05, 0) is 55.3 Å². The summed E-state index contributed by atoms with van der Waals surface area (Å²) in [6.45, 7) is 3.60. The molecule has 5 nitrogen and oxygen atoms in total. The van der Waals surface area contributed by atoms with E-state index in [-0.39, 0.29) is 10.5 Å². The monoisotopic (exact) mass is 383 g/mol. The maximum atomic E-state index is 12.5. The molecule has 2 rings (SSSR count). The summed E-state index contributed by atoms with van der Waals surface area (Å²) in [5.41, 5.74) is 1.98. The molecule has 0 amide bonds. The van der Waals surface area contributed by atoms with Gasteiger partial charge in [0.2, 0.25) is 0 Å². The van der Waals surface area contributed by atoms with E-state index >= 15 is 0 Å². The molecule has 0 saturated heterocycles. The van der Waals surface area contributed by atoms with Gasteiger partial charge in [-0.15, -0.1) is 0 Å². The summed E-state index contributed by atoms with van der Waals surface area (Å²) in [6, 6.07) is 8.86. The van der Waals surface area contributed by atoms with Crippen molar-refractivity contribution in [1.29, 1.82) is 0 Å². The minimum absolute atomic E-state index is 0.0946. The van der Waals surface area contributed by atoms with Crippen molar-refractivity contribution in [3.63, 3.8) is 0 Å². The summed E-state index contributed by atoms with van der Waals surface area (Å²) >= 11 is 3.33. The van der Waals surface area contributed by atoms with Crippen molar-refractivity contribution < 1.29 is 18.3 Å². The zero-order chi connectivity index (χ0) is 16.5. The van der Waals surface area contributed by atoms with Crippen LogP contribution in [-0.4, -0.2) is 19.5 Å². The van der Waals surface area contributed by atoms with Crippen molar-refractivity contribution in [1.82, 2.24) is 0 Å². The van der Waals surface area contributed by atoms with Gasteiger partial charge < -0.3 is 5.11 Å². The van der Waals surface area contributed by atoms with Gasteiger partial charge >= 0.3 is 5.97 Å². The summed E-state index contributed by atoms with van der Waals surface area (Å²) in [5.74, 6) is -1.06. The average Bonchev–Trinajstić information content (AvgIpc) is 2.42. The molecule has 0 radical (unpaired) electrons. The first-order chi connectivity index (χ1) is 10.2. The average molecular weight is 384 g/mol. The number of aromatic carboxylic acids is 1. The fourth-order valence-electron chi connectivity index (χ4n) is 1.99. The van der Waals surface area contributed by atoms with Gasteiger partial charge in [-0.3, -0.25) is 4.72 Å². The maximum Gasteiger partial charge on any atom is 0.335 e. The summed E-state index contributed by atoms with van der Waals surface area (Å²) in [7, 11) is -3.74. The number of nitrogens with one attached hydrogen (secondary N) is 1. The zero-order valence-electron chi connectivity index (χ0n) is 11.9. The van der Waals surface area contributed by atoms with Crippen molar-refractivity contribution in [3.05, 3.63) is 57.6 Å². The highest BCUT2D eigenvalue weighted by Gasteiger charge is 2.18. The lowest BCUT2D eigenvalue weighted by Crippen LogP contribution is -2.14. The lowest BCUT2D eigenvalue weighted by molar-refractivity contribution is 0.0697. The van der Waals surface area contributed by atoms with Crippen molar-refractivity contribution in [3.8, 4) is 0 Å². The predicted octanol–water partition coefficient (Wildman–Crippen LogP) is 3.56. The zero-order valence-corrected chi connectivity index (χ0v) is 14.3. The molecule has 116 valence electrons. The summed E-state index contributed by atoms with van der Waals surface area (Å²) in [4.78, 5) is 11.0. The molecule has 7 heteroatoms. The van der Waals surface area contributed by atoms with E-state index in [0.717, 1.165) is 5.56 Å². The minimum atomic E-state index is -3.74. The Morgan fingerprint density at radius 2 is 1.68 bits per heavy atom. The van der Waals surface area contributed by atoms with Gasteiger partial charge in [-0.25, -0.2) is 13.2 Å². The molecule has 2 aromatic rings. The fraction of sp³-hybridized carbons (Fsp3) is 0.133. The molecule has 0 spiro atoms. The van der Waals surface area contributed by atoms with Gasteiger partial charge in [-0.2, -0.15) is 0 Å². The third-order valence-electron chi connectivity index (χ3n) is 3.13. The number of hydrogen-bond donors (Lipinski definition) is 2. The van der Waals surface area contributed by atoms with E-state index in [1.165, 1.54) is 24.3 Å². The van der Waals surface area contributed by atoms with Crippen LogP contribution in [0.2, 0.25) is 0 Å². The van der Waals surface area contributed by atoms with E-state index in [4.69, 9.17) is 5.11 Å². The highest BCUT2D eigenvalue weighted by atomic mass is 79.9. The number of benzene rings is 2. The van der Waals surface area contributed by atoms with Gasteiger partial charge in [0.1, 0.15) is 0 Å². The molecule has 0 heterocycles. The fourth-order valence-corrected chi connectivity index (χ4v) is 3.80. The van der Waals surface area contributed by atoms with E-state index in [2.05, 4.69) is 20.7 Å². The number of carboxylic acids is 1. The van der Waals surface area contributed by atoms with Crippen LogP contribution in [-0.2, 0) is 10.0 Å². The van der Waals surface area contributed by atoms with Crippen molar-refractivity contribution >= 4 is 37.6 Å². The van der Waals surface area contributed by atoms with Crippen LogP contribution in [0.25, 0.3) is 0 Å². The summed E-state index contributed by atoms with van der Waals surface area (Å²) < 4.78 is 28.1. The number of carboxylic acid groups (broad SMARTS) is 1. The number of carbonyl (C=O) groups is 1. The Labute approximate surface area is 137 Å². The predicted molar refractivity (Wildman–Crippen MR) is 87.8 cm³/mol. The largest absolute Gasteiger partial charge is 0.478 e. The topological polar surface area (TPSA) is 83.5 Å². The lowest BCUT2D eigenvalue weighted by atomic mass is 10.2. The van der Waals surface area contributed by atoms with E-state index in [9.17, 15) is 13.2 Å². The first kappa shape index (κ1) is 16.5. The Morgan fingerprint density at radius 3 is 2.23 bits per heavy atom. The summed E-state index contributed by atoms with van der Waals surface area (Å²) in [6.07, 6.45) is 0. The number of aryl methyl sites for hydroxylation is 2. The Bertz CT molecular complexity index is 829. The normalized spacial score (nSPS) is 11.2. The van der Waals surface area contributed by atoms with Crippen LogP contribution in [0.15, 0.2) is 45.8 Å². The summed E-state index contributed by atoms with van der Waals surface area (Å²) in [5, 5.41) is 8.84. The van der Waals surface area contributed by atoms with Crippen LogP contribution in [0.4, 0.5) is 5.69 Å². The standard InChI is InChI=1S/C15H14BrNO4S/c1-9-7-10(2)14(8-13(9)16)22(20,21)17-12-5-3-11(4-6-12)15(18)19/h3-8,17H,1-2H3,(H,18,19). The molecule has 0 bridgehead atoms. The molecule has 0 unspecified atom stereocenters. The second kappa shape index (κ2) is 6.10. The van der Waals surface area contributed by atoms with Crippen molar-refractivity contribution in [2.45, 2.75) is 18.7 Å². The third-order valence-corrected chi connectivity index (χ3v) is 5.51. The molecule has 2 aromatic carbocycles. The highest BCUT2D eigenvalue weighted by molar-refractivity contribution is 9.10. The van der Waals surface area contributed by atoms with Gasteiger partial charge in [0.15, 0.2) is 0 Å². The Hall–Kier alpha value is -1.86. The molecular formula is C15H14BrNO4S. The van der Waals surface area contributed by atoms with Crippen LogP contribution in [0.3, 0.4) is 0 Å². The molecule has 22 heavy (non-hydrogen) atoms. The molecule has 0 aromatic heterocycles. The van der Waals surface area contributed by atoms with Crippen LogP contribution in [0.1, 0.15) is 21.5 Å². The Balaban J connectivity index is 2.35. The van der Waals surface area contributed by atoms with Crippen LogP contribution in [0.5, 0.6) is 0 Å². The number of sulfonamides is 1. The number of anilines is 1. The van der Waals surface area contributed by atoms with Gasteiger partial charge in [-0.1, -0.05) is 22.0 Å². The van der Waals surface area contributed by atoms with Crippen LogP contribution in [0, 0.1) is 13.8 Å². The molecule has 0 fully saturated rings. The van der Waals surface area contributed by atoms with Crippen LogP contribution >= 0.6 is 15.9 Å². The first-order valence-electron chi connectivity index (χ1n) is 6.33. The van der Waals surface area contributed by atoms with Gasteiger partial charge in [0, 0.05) is 10.2 Å². The first-order valence-corrected chi connectivity index (χ1v) is 8.61. The Morgan fingerprint density at radius 1 is 1.09 bits per heavy atom. The molecular weight excluding hydrogens is 370 g/mol. The molecule has 0 aliphatic rings. The van der Waals surface area contributed by atoms with Crippen molar-refractivity contribution in [2.24, 2.45) is 0 Å². The molecule has 0 aliphatic heterocycles. The van der Waals surface area contributed by atoms with E-state index in [1.807, 2.05) is 6.92 Å². The smallest absolute Gasteiger partial charge is 0.335 e. The number of hydrogen-bond acceptors (Lipinski definition) is 3. The molecule has 0 aliphatic carbocycles. The minimum Gasteiger partial charge on any atom is -0.478 e. The maximum absolute atomic E-state index is 12.5. The number of rotatable bonds is 4. The highest BCUT2D eigenvalue weighted by Crippen LogP contribution is 2.26.